The molecule has 0 aromatic rings. The van der Waals surface area contributed by atoms with Crippen LogP contribution in [0.5, 0.6) is 0 Å². The Morgan fingerprint density at radius 1 is 1.86 bits per heavy atom. The lowest BCUT2D eigenvalue weighted by Gasteiger charge is -2.13. The molecule has 37 valence electrons. The van der Waals surface area contributed by atoms with E-state index in [-0.39, 0.29) is 0 Å². The van der Waals surface area contributed by atoms with E-state index in [9.17, 15) is 0 Å². The molecule has 1 rings (SSSR count). The van der Waals surface area contributed by atoms with E-state index in [4.69, 9.17) is 5.73 Å². The second kappa shape index (κ2) is 2.17. The van der Waals surface area contributed by atoms with Crippen LogP contribution in [0.3, 0.4) is 0 Å². The van der Waals surface area contributed by atoms with Crippen LogP contribution < -0.4 is 5.73 Å². The van der Waals surface area contributed by atoms with E-state index in [0.29, 0.717) is 6.54 Å². The first-order chi connectivity index (χ1) is 3.43. The maximum Gasteiger partial charge on any atom is 0.145 e. The average molecular weight is 93.9 g/mol. The molecule has 1 nitrogen and oxygen atoms in total. The summed E-state index contributed by atoms with van der Waals surface area (Å²) in [6, 6.07) is 0. The second-order valence-corrected chi connectivity index (χ2v) is 1.76. The van der Waals surface area contributed by atoms with Gasteiger partial charge in [-0.1, -0.05) is 12.4 Å². The van der Waals surface area contributed by atoms with Crippen molar-refractivity contribution in [3.05, 3.63) is 11.5 Å². The van der Waals surface area contributed by atoms with Gasteiger partial charge in [-0.15, -0.1) is 5.47 Å². The first-order valence-corrected chi connectivity index (χ1v) is 2.66. The highest BCUT2D eigenvalue weighted by Gasteiger charge is 2.07. The van der Waals surface area contributed by atoms with E-state index in [0.717, 1.165) is 0 Å². The quantitative estimate of drug-likeness (QED) is 0.466. The molecule has 0 bridgehead atoms. The van der Waals surface area contributed by atoms with Crippen LogP contribution in [0, 0.1) is 0 Å². The van der Waals surface area contributed by atoms with Gasteiger partial charge < -0.3 is 5.73 Å². The van der Waals surface area contributed by atoms with Crippen LogP contribution >= 0.6 is 0 Å². The Balaban J connectivity index is 2.23. The van der Waals surface area contributed by atoms with E-state index < -0.39 is 0 Å². The highest BCUT2D eigenvalue weighted by atomic mass is 14.5. The van der Waals surface area contributed by atoms with Crippen molar-refractivity contribution in [3.63, 3.8) is 0 Å². The predicted octanol–water partition coefficient (Wildman–Crippen LogP) is 0.355. The van der Waals surface area contributed by atoms with Gasteiger partial charge in [0.25, 0.3) is 0 Å². The molecule has 0 spiro atoms. The molecule has 1 heterocycles. The lowest BCUT2D eigenvalue weighted by atomic mass is 9.53. The molecule has 0 aromatic carbocycles. The third-order valence-electron chi connectivity index (χ3n) is 1.22. The highest BCUT2D eigenvalue weighted by Crippen LogP contribution is 2.15. The molecule has 1 fully saturated rings. The summed E-state index contributed by atoms with van der Waals surface area (Å²) in [6.07, 6.45) is 4.58. The lowest BCUT2D eigenvalue weighted by Crippen LogP contribution is -2.10. The normalized spacial score (nSPS) is 23.9. The Bertz CT molecular complexity index is 82.1. The number of hydrogen-bond acceptors (Lipinski definition) is 1. The Hall–Kier alpha value is -0.235. The first kappa shape index (κ1) is 4.91. The van der Waals surface area contributed by atoms with Crippen molar-refractivity contribution in [2.24, 2.45) is 5.73 Å². The Morgan fingerprint density at radius 2 is 2.57 bits per heavy atom. The molecule has 1 radical (unpaired) electrons. The van der Waals surface area contributed by atoms with Gasteiger partial charge in [-0.25, -0.2) is 0 Å². The molecule has 1 saturated heterocycles. The van der Waals surface area contributed by atoms with Crippen LogP contribution in [-0.2, 0) is 0 Å². The third-order valence-corrected chi connectivity index (χ3v) is 1.22. The molecule has 1 aliphatic rings. The van der Waals surface area contributed by atoms with Crippen molar-refractivity contribution in [2.75, 3.05) is 6.54 Å². The molecular formula is C5H9BN. The SMILES string of the molecule is NC/C=C1\[B]CC1. The fourth-order valence-corrected chi connectivity index (χ4v) is 0.648. The largest absolute Gasteiger partial charge is 0.327 e. The molecule has 0 aliphatic carbocycles. The van der Waals surface area contributed by atoms with Crippen LogP contribution in [0.25, 0.3) is 0 Å². The number of allylic oxidation sites excluding steroid dienone is 1. The fourth-order valence-electron chi connectivity index (χ4n) is 0.648. The molecule has 1 aliphatic heterocycles. The van der Waals surface area contributed by atoms with Gasteiger partial charge in [-0.3, -0.25) is 0 Å². The maximum absolute atomic E-state index is 5.24. The van der Waals surface area contributed by atoms with Crippen molar-refractivity contribution < 1.29 is 0 Å². The minimum absolute atomic E-state index is 0.700. The average Bonchev–Trinajstić information content (AvgIpc) is 1.55. The van der Waals surface area contributed by atoms with E-state index in [2.05, 4.69) is 13.4 Å². The van der Waals surface area contributed by atoms with Crippen LogP contribution in [0.15, 0.2) is 11.5 Å². The topological polar surface area (TPSA) is 26.0 Å². The monoisotopic (exact) mass is 94.1 g/mol. The number of rotatable bonds is 1. The molecule has 0 atom stereocenters. The zero-order chi connectivity index (χ0) is 5.11. The molecule has 2 N–H and O–H groups in total. The standard InChI is InChI=1S/C5H9BN/c7-4-2-5-1-3-6-5/h2H,1,3-4,7H2/b5-2-. The van der Waals surface area contributed by atoms with Crippen molar-refractivity contribution in [1.29, 1.82) is 0 Å². The lowest BCUT2D eigenvalue weighted by molar-refractivity contribution is 1.07. The highest BCUT2D eigenvalue weighted by molar-refractivity contribution is 6.49. The van der Waals surface area contributed by atoms with Crippen molar-refractivity contribution in [3.8, 4) is 0 Å². The van der Waals surface area contributed by atoms with Gasteiger partial charge in [0.05, 0.1) is 0 Å². The van der Waals surface area contributed by atoms with E-state index in [1.807, 2.05) is 0 Å². The molecule has 2 heteroatoms. The third kappa shape index (κ3) is 1.06. The van der Waals surface area contributed by atoms with E-state index in [1.165, 1.54) is 18.2 Å². The Kier molecular flexibility index (Phi) is 1.52. The summed E-state index contributed by atoms with van der Waals surface area (Å²) in [6.45, 7) is 0.700. The van der Waals surface area contributed by atoms with E-state index >= 15 is 0 Å². The van der Waals surface area contributed by atoms with Gasteiger partial charge in [0.2, 0.25) is 0 Å². The number of hydrogen-bond donors (Lipinski definition) is 1. The van der Waals surface area contributed by atoms with Crippen molar-refractivity contribution in [2.45, 2.75) is 12.7 Å². The number of nitrogens with two attached hydrogens (primary N) is 1. The van der Waals surface area contributed by atoms with Gasteiger partial charge in [-0.2, -0.15) is 0 Å². The molecule has 0 unspecified atom stereocenters. The summed E-state index contributed by atoms with van der Waals surface area (Å²) < 4.78 is 0. The van der Waals surface area contributed by atoms with Gasteiger partial charge in [-0.05, 0) is 6.42 Å². The first-order valence-electron chi connectivity index (χ1n) is 2.66. The van der Waals surface area contributed by atoms with Crippen LogP contribution in [-0.4, -0.2) is 13.8 Å². The summed E-state index contributed by atoms with van der Waals surface area (Å²) in [5.74, 6) is 0. The zero-order valence-electron chi connectivity index (χ0n) is 4.35. The minimum Gasteiger partial charge on any atom is -0.327 e. The summed E-state index contributed by atoms with van der Waals surface area (Å²) in [7, 11) is 2.22. The molecule has 0 amide bonds. The van der Waals surface area contributed by atoms with Crippen LogP contribution in [0.2, 0.25) is 6.32 Å². The van der Waals surface area contributed by atoms with Crippen molar-refractivity contribution in [1.82, 2.24) is 0 Å². The minimum atomic E-state index is 0.700. The summed E-state index contributed by atoms with van der Waals surface area (Å²) in [4.78, 5) is 0. The Morgan fingerprint density at radius 3 is 2.71 bits per heavy atom. The van der Waals surface area contributed by atoms with Gasteiger partial charge in [0.1, 0.15) is 7.28 Å². The fraction of sp³-hybridized carbons (Fsp3) is 0.600. The Labute approximate surface area is 44.8 Å². The van der Waals surface area contributed by atoms with E-state index in [1.54, 1.807) is 0 Å². The molecule has 7 heavy (non-hydrogen) atoms. The predicted molar refractivity (Wildman–Crippen MR) is 32.3 cm³/mol. The molecular weight excluding hydrogens is 84.9 g/mol. The summed E-state index contributed by atoms with van der Waals surface area (Å²) in [5, 5.41) is 0. The molecule has 0 saturated carbocycles. The van der Waals surface area contributed by atoms with Gasteiger partial charge in [0.15, 0.2) is 0 Å². The summed E-state index contributed by atoms with van der Waals surface area (Å²) in [5.41, 5.74) is 6.68. The smallest absolute Gasteiger partial charge is 0.145 e. The van der Waals surface area contributed by atoms with Crippen molar-refractivity contribution >= 4 is 7.28 Å². The van der Waals surface area contributed by atoms with Gasteiger partial charge in [0, 0.05) is 6.54 Å². The van der Waals surface area contributed by atoms with Crippen LogP contribution in [0.4, 0.5) is 0 Å². The second-order valence-electron chi connectivity index (χ2n) is 1.76. The van der Waals surface area contributed by atoms with Crippen LogP contribution in [0.1, 0.15) is 6.42 Å². The summed E-state index contributed by atoms with van der Waals surface area (Å²) >= 11 is 0. The van der Waals surface area contributed by atoms with Gasteiger partial charge >= 0.3 is 0 Å². The zero-order valence-corrected chi connectivity index (χ0v) is 4.35. The maximum atomic E-state index is 5.24. The molecule has 0 aromatic heterocycles.